The number of benzene rings is 1. The van der Waals surface area contributed by atoms with Gasteiger partial charge in [-0.1, -0.05) is 6.92 Å². The Morgan fingerprint density at radius 1 is 1.53 bits per heavy atom. The minimum Gasteiger partial charge on any atom is -0.491 e. The van der Waals surface area contributed by atoms with Gasteiger partial charge in [0.05, 0.1) is 18.2 Å². The van der Waals surface area contributed by atoms with Gasteiger partial charge in [-0.15, -0.1) is 0 Å². The fraction of sp³-hybridized carbons (Fsp3) is 0.364. The number of carbonyl (C=O) groups excluding carboxylic acids is 1. The van der Waals surface area contributed by atoms with Crippen LogP contribution in [0.5, 0.6) is 5.75 Å². The maximum atomic E-state index is 11.8. The third kappa shape index (κ3) is 1.63. The van der Waals surface area contributed by atoms with E-state index in [1.165, 1.54) is 0 Å². The monoisotopic (exact) mass is 206 g/mol. The molecular formula is C11H14N2O2. The lowest BCUT2D eigenvalue weighted by Crippen LogP contribution is -2.31. The molecule has 4 heteroatoms. The molecule has 1 aromatic rings. The topological polar surface area (TPSA) is 55.6 Å². The molecule has 1 atom stereocenters. The molecule has 1 unspecified atom stereocenters. The van der Waals surface area contributed by atoms with Crippen LogP contribution >= 0.6 is 0 Å². The second-order valence-corrected chi connectivity index (χ2v) is 3.84. The van der Waals surface area contributed by atoms with E-state index >= 15 is 0 Å². The van der Waals surface area contributed by atoms with Crippen molar-refractivity contribution in [3.63, 3.8) is 0 Å². The van der Waals surface area contributed by atoms with E-state index in [1.807, 2.05) is 6.92 Å². The molecule has 0 radical (unpaired) electrons. The normalized spacial score (nSPS) is 20.5. The zero-order valence-electron chi connectivity index (χ0n) is 8.86. The molecule has 0 aromatic heterocycles. The second-order valence-electron chi connectivity index (χ2n) is 3.84. The van der Waals surface area contributed by atoms with Crippen molar-refractivity contribution in [1.29, 1.82) is 0 Å². The van der Waals surface area contributed by atoms with Crippen molar-refractivity contribution in [2.45, 2.75) is 6.92 Å². The van der Waals surface area contributed by atoms with Crippen molar-refractivity contribution in [3.8, 4) is 5.75 Å². The summed E-state index contributed by atoms with van der Waals surface area (Å²) in [6.07, 6.45) is 0. The second kappa shape index (κ2) is 3.46. The first-order valence-corrected chi connectivity index (χ1v) is 4.89. The van der Waals surface area contributed by atoms with Gasteiger partial charge in [0.2, 0.25) is 5.91 Å². The summed E-state index contributed by atoms with van der Waals surface area (Å²) < 4.78 is 5.54. The van der Waals surface area contributed by atoms with Crippen LogP contribution in [0.25, 0.3) is 0 Å². The molecule has 1 heterocycles. The molecule has 0 fully saturated rings. The molecule has 0 saturated heterocycles. The predicted molar refractivity (Wildman–Crippen MR) is 58.9 cm³/mol. The van der Waals surface area contributed by atoms with E-state index in [0.29, 0.717) is 18.0 Å². The Balaban J connectivity index is 2.47. The Morgan fingerprint density at radius 2 is 2.27 bits per heavy atom. The van der Waals surface area contributed by atoms with Crippen LogP contribution in [-0.2, 0) is 4.79 Å². The number of ether oxygens (including phenoxy) is 1. The van der Waals surface area contributed by atoms with Crippen molar-refractivity contribution >= 4 is 17.3 Å². The van der Waals surface area contributed by atoms with E-state index in [9.17, 15) is 4.79 Å². The zero-order chi connectivity index (χ0) is 11.0. The van der Waals surface area contributed by atoms with Crippen LogP contribution in [-0.4, -0.2) is 19.6 Å². The highest BCUT2D eigenvalue weighted by molar-refractivity contribution is 5.96. The van der Waals surface area contributed by atoms with Gasteiger partial charge in [-0.2, -0.15) is 0 Å². The summed E-state index contributed by atoms with van der Waals surface area (Å²) in [6, 6.07) is 5.32. The first-order chi connectivity index (χ1) is 7.09. The number of nitrogens with zero attached hydrogens (tertiary/aromatic N) is 1. The maximum absolute atomic E-state index is 11.8. The van der Waals surface area contributed by atoms with Crippen molar-refractivity contribution in [3.05, 3.63) is 18.2 Å². The van der Waals surface area contributed by atoms with E-state index in [0.717, 1.165) is 5.69 Å². The van der Waals surface area contributed by atoms with Gasteiger partial charge < -0.3 is 15.4 Å². The number of anilines is 2. The average molecular weight is 206 g/mol. The summed E-state index contributed by atoms with van der Waals surface area (Å²) in [6.45, 7) is 2.26. The molecule has 4 nitrogen and oxygen atoms in total. The number of hydrogen-bond acceptors (Lipinski definition) is 3. The van der Waals surface area contributed by atoms with Crippen molar-refractivity contribution < 1.29 is 9.53 Å². The highest BCUT2D eigenvalue weighted by atomic mass is 16.5. The molecule has 15 heavy (non-hydrogen) atoms. The van der Waals surface area contributed by atoms with Crippen LogP contribution in [0.1, 0.15) is 6.92 Å². The SMILES string of the molecule is CC1COc2cc(N)ccc2N(C)C1=O. The van der Waals surface area contributed by atoms with E-state index < -0.39 is 0 Å². The van der Waals surface area contributed by atoms with Crippen LogP contribution in [0.3, 0.4) is 0 Å². The number of carbonyl (C=O) groups is 1. The number of amides is 1. The van der Waals surface area contributed by atoms with Crippen LogP contribution in [0, 0.1) is 5.92 Å². The summed E-state index contributed by atoms with van der Waals surface area (Å²) in [4.78, 5) is 13.4. The molecule has 2 N–H and O–H groups in total. The molecule has 0 bridgehead atoms. The summed E-state index contributed by atoms with van der Waals surface area (Å²) in [5.41, 5.74) is 7.08. The smallest absolute Gasteiger partial charge is 0.233 e. The molecular weight excluding hydrogens is 192 g/mol. The molecule has 0 spiro atoms. The van der Waals surface area contributed by atoms with Crippen molar-refractivity contribution in [1.82, 2.24) is 0 Å². The van der Waals surface area contributed by atoms with E-state index in [-0.39, 0.29) is 11.8 Å². The van der Waals surface area contributed by atoms with E-state index in [2.05, 4.69) is 0 Å². The molecule has 0 saturated carbocycles. The average Bonchev–Trinajstić information content (AvgIpc) is 2.32. The Labute approximate surface area is 88.6 Å². The summed E-state index contributed by atoms with van der Waals surface area (Å²) in [5.74, 6) is 0.623. The molecule has 80 valence electrons. The van der Waals surface area contributed by atoms with Crippen LogP contribution < -0.4 is 15.4 Å². The lowest BCUT2D eigenvalue weighted by Gasteiger charge is -2.17. The number of hydrogen-bond donors (Lipinski definition) is 1. The summed E-state index contributed by atoms with van der Waals surface area (Å²) in [5, 5.41) is 0. The molecule has 2 rings (SSSR count). The number of rotatable bonds is 0. The predicted octanol–water partition coefficient (Wildman–Crippen LogP) is 1.26. The van der Waals surface area contributed by atoms with Gasteiger partial charge in [0.1, 0.15) is 5.75 Å². The largest absolute Gasteiger partial charge is 0.491 e. The van der Waals surface area contributed by atoms with Crippen molar-refractivity contribution in [2.75, 3.05) is 24.3 Å². The van der Waals surface area contributed by atoms with Gasteiger partial charge in [0.15, 0.2) is 0 Å². The van der Waals surface area contributed by atoms with Crippen LogP contribution in [0.4, 0.5) is 11.4 Å². The Hall–Kier alpha value is -1.71. The fourth-order valence-electron chi connectivity index (χ4n) is 1.66. The van der Waals surface area contributed by atoms with Gasteiger partial charge in [-0.3, -0.25) is 4.79 Å². The van der Waals surface area contributed by atoms with Gasteiger partial charge in [-0.25, -0.2) is 0 Å². The molecule has 1 aromatic carbocycles. The van der Waals surface area contributed by atoms with E-state index in [4.69, 9.17) is 10.5 Å². The number of fused-ring (bicyclic) bond motifs is 1. The van der Waals surface area contributed by atoms with Crippen molar-refractivity contribution in [2.24, 2.45) is 5.92 Å². The third-order valence-corrected chi connectivity index (χ3v) is 2.59. The quantitative estimate of drug-likeness (QED) is 0.650. The molecule has 1 aliphatic rings. The number of nitrogens with two attached hydrogens (primary N) is 1. The van der Waals surface area contributed by atoms with E-state index in [1.54, 1.807) is 30.1 Å². The first-order valence-electron chi connectivity index (χ1n) is 4.89. The fourth-order valence-corrected chi connectivity index (χ4v) is 1.66. The molecule has 1 aliphatic heterocycles. The zero-order valence-corrected chi connectivity index (χ0v) is 8.86. The van der Waals surface area contributed by atoms with Crippen LogP contribution in [0.15, 0.2) is 18.2 Å². The summed E-state index contributed by atoms with van der Waals surface area (Å²) >= 11 is 0. The highest BCUT2D eigenvalue weighted by Gasteiger charge is 2.25. The molecule has 0 aliphatic carbocycles. The Kier molecular flexibility index (Phi) is 2.26. The minimum absolute atomic E-state index is 0.0681. The Bertz CT molecular complexity index is 404. The van der Waals surface area contributed by atoms with Gasteiger partial charge in [0, 0.05) is 18.8 Å². The van der Waals surface area contributed by atoms with Gasteiger partial charge in [-0.05, 0) is 12.1 Å². The molecule has 1 amide bonds. The Morgan fingerprint density at radius 3 is 3.00 bits per heavy atom. The van der Waals surface area contributed by atoms with Gasteiger partial charge in [0.25, 0.3) is 0 Å². The summed E-state index contributed by atoms with van der Waals surface area (Å²) in [7, 11) is 1.75. The minimum atomic E-state index is -0.122. The first kappa shape index (κ1) is 9.83. The van der Waals surface area contributed by atoms with Crippen LogP contribution in [0.2, 0.25) is 0 Å². The standard InChI is InChI=1S/C11H14N2O2/c1-7-6-15-10-5-8(12)3-4-9(10)13(2)11(7)14/h3-5,7H,6,12H2,1-2H3. The van der Waals surface area contributed by atoms with Gasteiger partial charge >= 0.3 is 0 Å². The number of nitrogen functional groups attached to an aromatic ring is 1. The maximum Gasteiger partial charge on any atom is 0.233 e. The lowest BCUT2D eigenvalue weighted by atomic mass is 10.1. The highest BCUT2D eigenvalue weighted by Crippen LogP contribution is 2.33. The lowest BCUT2D eigenvalue weighted by molar-refractivity contribution is -0.122. The third-order valence-electron chi connectivity index (χ3n) is 2.59.